The van der Waals surface area contributed by atoms with Gasteiger partial charge in [0.25, 0.3) is 5.91 Å². The zero-order valence-corrected chi connectivity index (χ0v) is 13.8. The number of aryl methyl sites for hydroxylation is 1. The van der Waals surface area contributed by atoms with Crippen molar-refractivity contribution in [1.29, 1.82) is 5.26 Å². The Hall–Kier alpha value is -2.23. The molecule has 1 aliphatic rings. The number of hydrogen-bond donors (Lipinski definition) is 0. The van der Waals surface area contributed by atoms with Crippen molar-refractivity contribution in [2.45, 2.75) is 13.5 Å². The highest BCUT2D eigenvalue weighted by Crippen LogP contribution is 2.17. The molecule has 2 heterocycles. The van der Waals surface area contributed by atoms with Crippen LogP contribution in [0.4, 0.5) is 0 Å². The minimum atomic E-state index is 0.100. The van der Waals surface area contributed by atoms with Crippen molar-refractivity contribution in [3.63, 3.8) is 0 Å². The van der Waals surface area contributed by atoms with E-state index in [-0.39, 0.29) is 5.91 Å². The second-order valence-electron chi connectivity index (χ2n) is 5.64. The lowest BCUT2D eigenvalue weighted by molar-refractivity contribution is 0.0632. The number of hydrogen-bond acceptors (Lipinski definition) is 5. The van der Waals surface area contributed by atoms with Gasteiger partial charge in [-0.25, -0.2) is 4.98 Å². The van der Waals surface area contributed by atoms with Gasteiger partial charge >= 0.3 is 0 Å². The standard InChI is InChI=1S/C17H18N4OS/c1-13-16(23-12-19-13)17(22)21-8-6-20(7-9-21)11-15-4-2-14(10-18)3-5-15/h2-5,12H,6-9,11H2,1H3. The maximum Gasteiger partial charge on any atom is 0.265 e. The average Bonchev–Trinajstić information content (AvgIpc) is 3.02. The predicted octanol–water partition coefficient (Wildman–Crippen LogP) is 2.28. The fraction of sp³-hybridized carbons (Fsp3) is 0.353. The number of carbonyl (C=O) groups excluding carboxylic acids is 1. The highest BCUT2D eigenvalue weighted by Gasteiger charge is 2.24. The smallest absolute Gasteiger partial charge is 0.265 e. The maximum absolute atomic E-state index is 12.5. The molecule has 1 aliphatic heterocycles. The Balaban J connectivity index is 1.55. The normalized spacial score (nSPS) is 15.4. The summed E-state index contributed by atoms with van der Waals surface area (Å²) in [5, 5.41) is 8.83. The summed E-state index contributed by atoms with van der Waals surface area (Å²) in [6.45, 7) is 5.95. The van der Waals surface area contributed by atoms with Crippen LogP contribution in [0.5, 0.6) is 0 Å². The number of rotatable bonds is 3. The molecule has 1 fully saturated rings. The van der Waals surface area contributed by atoms with E-state index in [1.165, 1.54) is 16.9 Å². The van der Waals surface area contributed by atoms with Crippen LogP contribution in [0.3, 0.4) is 0 Å². The van der Waals surface area contributed by atoms with Crippen LogP contribution in [-0.4, -0.2) is 46.9 Å². The zero-order chi connectivity index (χ0) is 16.2. The Bertz CT molecular complexity index is 724. The summed E-state index contributed by atoms with van der Waals surface area (Å²) < 4.78 is 0. The third-order valence-electron chi connectivity index (χ3n) is 4.09. The van der Waals surface area contributed by atoms with Gasteiger partial charge in [-0.05, 0) is 24.6 Å². The molecule has 6 heteroatoms. The van der Waals surface area contributed by atoms with Crippen molar-refractivity contribution < 1.29 is 4.79 Å². The van der Waals surface area contributed by atoms with E-state index in [1.54, 1.807) is 5.51 Å². The van der Waals surface area contributed by atoms with Crippen LogP contribution < -0.4 is 0 Å². The lowest BCUT2D eigenvalue weighted by Crippen LogP contribution is -2.48. The summed E-state index contributed by atoms with van der Waals surface area (Å²) in [5.74, 6) is 0.100. The van der Waals surface area contributed by atoms with Gasteiger partial charge in [0.2, 0.25) is 0 Å². The molecule has 1 aromatic carbocycles. The SMILES string of the molecule is Cc1ncsc1C(=O)N1CCN(Cc2ccc(C#N)cc2)CC1. The number of nitriles is 1. The van der Waals surface area contributed by atoms with Gasteiger partial charge in [0.1, 0.15) is 4.88 Å². The predicted molar refractivity (Wildman–Crippen MR) is 89.2 cm³/mol. The molecule has 0 spiro atoms. The molecule has 5 nitrogen and oxygen atoms in total. The fourth-order valence-electron chi connectivity index (χ4n) is 2.70. The van der Waals surface area contributed by atoms with Crippen molar-refractivity contribution >= 4 is 17.2 Å². The van der Waals surface area contributed by atoms with Gasteiger partial charge in [0, 0.05) is 32.7 Å². The number of piperazine rings is 1. The second-order valence-corrected chi connectivity index (χ2v) is 6.50. The summed E-state index contributed by atoms with van der Waals surface area (Å²) >= 11 is 1.42. The van der Waals surface area contributed by atoms with E-state index in [2.05, 4.69) is 16.0 Å². The Morgan fingerprint density at radius 2 is 1.96 bits per heavy atom. The van der Waals surface area contributed by atoms with E-state index in [1.807, 2.05) is 36.1 Å². The number of thiazole rings is 1. The first kappa shape index (κ1) is 15.7. The number of nitrogens with zero attached hydrogens (tertiary/aromatic N) is 4. The molecular weight excluding hydrogens is 308 g/mol. The number of benzene rings is 1. The van der Waals surface area contributed by atoms with E-state index in [4.69, 9.17) is 5.26 Å². The molecule has 0 N–H and O–H groups in total. The van der Waals surface area contributed by atoms with E-state index in [0.29, 0.717) is 5.56 Å². The molecule has 2 aromatic rings. The summed E-state index contributed by atoms with van der Waals surface area (Å²) in [4.78, 5) is 21.6. The Morgan fingerprint density at radius 1 is 1.26 bits per heavy atom. The fourth-order valence-corrected chi connectivity index (χ4v) is 3.47. The minimum absolute atomic E-state index is 0.100. The van der Waals surface area contributed by atoms with E-state index in [9.17, 15) is 4.79 Å². The number of aromatic nitrogens is 1. The maximum atomic E-state index is 12.5. The molecular formula is C17H18N4OS. The van der Waals surface area contributed by atoms with Crippen LogP contribution in [0, 0.1) is 18.3 Å². The van der Waals surface area contributed by atoms with Crippen molar-refractivity contribution in [1.82, 2.24) is 14.8 Å². The molecule has 0 saturated carbocycles. The van der Waals surface area contributed by atoms with Crippen molar-refractivity contribution in [2.24, 2.45) is 0 Å². The van der Waals surface area contributed by atoms with Crippen LogP contribution in [0.25, 0.3) is 0 Å². The van der Waals surface area contributed by atoms with Gasteiger partial charge in [0.15, 0.2) is 0 Å². The van der Waals surface area contributed by atoms with Gasteiger partial charge in [0.05, 0.1) is 22.8 Å². The van der Waals surface area contributed by atoms with Gasteiger partial charge in [-0.2, -0.15) is 5.26 Å². The second kappa shape index (κ2) is 6.90. The molecule has 23 heavy (non-hydrogen) atoms. The molecule has 0 unspecified atom stereocenters. The molecule has 3 rings (SSSR count). The topological polar surface area (TPSA) is 60.2 Å². The van der Waals surface area contributed by atoms with Gasteiger partial charge in [-0.15, -0.1) is 11.3 Å². The third kappa shape index (κ3) is 3.58. The van der Waals surface area contributed by atoms with E-state index < -0.39 is 0 Å². The molecule has 0 aliphatic carbocycles. The van der Waals surface area contributed by atoms with Crippen LogP contribution in [0.2, 0.25) is 0 Å². The zero-order valence-electron chi connectivity index (χ0n) is 13.0. The Morgan fingerprint density at radius 3 is 2.52 bits per heavy atom. The summed E-state index contributed by atoms with van der Waals surface area (Å²) in [5.41, 5.74) is 4.43. The largest absolute Gasteiger partial charge is 0.335 e. The molecule has 1 saturated heterocycles. The average molecular weight is 326 g/mol. The van der Waals surface area contributed by atoms with E-state index >= 15 is 0 Å². The highest BCUT2D eigenvalue weighted by atomic mass is 32.1. The summed E-state index contributed by atoms with van der Waals surface area (Å²) in [6, 6.07) is 9.82. The summed E-state index contributed by atoms with van der Waals surface area (Å²) in [7, 11) is 0. The highest BCUT2D eigenvalue weighted by molar-refractivity contribution is 7.11. The van der Waals surface area contributed by atoms with Crippen molar-refractivity contribution in [3.8, 4) is 6.07 Å². The lowest BCUT2D eigenvalue weighted by atomic mass is 10.1. The Labute approximate surface area is 139 Å². The summed E-state index contributed by atoms with van der Waals surface area (Å²) in [6.07, 6.45) is 0. The third-order valence-corrected chi connectivity index (χ3v) is 5.01. The van der Waals surface area contributed by atoms with Gasteiger partial charge < -0.3 is 4.90 Å². The molecule has 0 atom stereocenters. The molecule has 0 radical (unpaired) electrons. The van der Waals surface area contributed by atoms with Gasteiger partial charge in [-0.1, -0.05) is 12.1 Å². The monoisotopic (exact) mass is 326 g/mol. The minimum Gasteiger partial charge on any atom is -0.335 e. The van der Waals surface area contributed by atoms with Crippen LogP contribution in [-0.2, 0) is 6.54 Å². The van der Waals surface area contributed by atoms with Crippen LogP contribution >= 0.6 is 11.3 Å². The Kier molecular flexibility index (Phi) is 4.70. The van der Waals surface area contributed by atoms with E-state index in [0.717, 1.165) is 43.3 Å². The van der Waals surface area contributed by atoms with Crippen molar-refractivity contribution in [2.75, 3.05) is 26.2 Å². The quantitative estimate of drug-likeness (QED) is 0.868. The number of carbonyl (C=O) groups is 1. The van der Waals surface area contributed by atoms with Gasteiger partial charge in [-0.3, -0.25) is 9.69 Å². The first-order valence-electron chi connectivity index (χ1n) is 7.58. The molecule has 1 amide bonds. The molecule has 118 valence electrons. The molecule has 0 bridgehead atoms. The lowest BCUT2D eigenvalue weighted by Gasteiger charge is -2.34. The molecule has 1 aromatic heterocycles. The number of amides is 1. The van der Waals surface area contributed by atoms with Crippen LogP contribution in [0.1, 0.15) is 26.5 Å². The van der Waals surface area contributed by atoms with Crippen molar-refractivity contribution in [3.05, 3.63) is 51.5 Å². The van der Waals surface area contributed by atoms with Crippen LogP contribution in [0.15, 0.2) is 29.8 Å². The first-order chi connectivity index (χ1) is 11.2. The first-order valence-corrected chi connectivity index (χ1v) is 8.46.